The molecule has 30 heavy (non-hydrogen) atoms. The summed E-state index contributed by atoms with van der Waals surface area (Å²) in [6.45, 7) is 6.19. The van der Waals surface area contributed by atoms with Crippen LogP contribution in [0.3, 0.4) is 0 Å². The van der Waals surface area contributed by atoms with E-state index in [2.05, 4.69) is 53.3 Å². The smallest absolute Gasteiger partial charge is 0.160 e. The number of nitrogens with zero attached hydrogens (tertiary/aromatic N) is 4. The molecule has 150 valence electrons. The Morgan fingerprint density at radius 1 is 0.667 bits per heavy atom. The number of pyridine rings is 2. The lowest BCUT2D eigenvalue weighted by Crippen LogP contribution is -1.97. The lowest BCUT2D eigenvalue weighted by Gasteiger charge is -2.10. The Morgan fingerprint density at radius 3 is 1.67 bits per heavy atom. The van der Waals surface area contributed by atoms with Gasteiger partial charge in [-0.05, 0) is 62.6 Å². The van der Waals surface area contributed by atoms with Crippen LogP contribution in [0.4, 0.5) is 0 Å². The van der Waals surface area contributed by atoms with E-state index in [9.17, 15) is 0 Å². The summed E-state index contributed by atoms with van der Waals surface area (Å²) >= 11 is 0. The van der Waals surface area contributed by atoms with Gasteiger partial charge in [0.05, 0.1) is 11.4 Å². The molecule has 0 fully saturated rings. The van der Waals surface area contributed by atoms with Crippen molar-refractivity contribution in [3.8, 4) is 33.9 Å². The van der Waals surface area contributed by atoms with Crippen LogP contribution in [0, 0.1) is 13.8 Å². The molecule has 4 aromatic rings. The van der Waals surface area contributed by atoms with Crippen LogP contribution >= 0.6 is 0 Å². The molecule has 0 atom stereocenters. The Labute approximate surface area is 178 Å². The quantitative estimate of drug-likeness (QED) is 0.389. The molecule has 0 amide bonds. The van der Waals surface area contributed by atoms with E-state index in [1.165, 1.54) is 18.4 Å². The first kappa shape index (κ1) is 19.9. The molecule has 0 unspecified atom stereocenters. The molecular weight excluding hydrogens is 368 g/mol. The largest absolute Gasteiger partial charge is 0.261 e. The van der Waals surface area contributed by atoms with Gasteiger partial charge in [0.2, 0.25) is 0 Å². The minimum Gasteiger partial charge on any atom is -0.261 e. The van der Waals surface area contributed by atoms with Gasteiger partial charge in [-0.2, -0.15) is 0 Å². The Kier molecular flexibility index (Phi) is 5.94. The highest BCUT2D eigenvalue weighted by Crippen LogP contribution is 2.27. The first-order chi connectivity index (χ1) is 14.6. The normalized spacial score (nSPS) is 10.9. The third-order valence-electron chi connectivity index (χ3n) is 5.17. The second kappa shape index (κ2) is 8.95. The minimum absolute atomic E-state index is 0.714. The monoisotopic (exact) mass is 394 g/mol. The average Bonchev–Trinajstić information content (AvgIpc) is 2.79. The molecule has 0 bridgehead atoms. The summed E-state index contributed by atoms with van der Waals surface area (Å²) < 4.78 is 0. The molecule has 0 N–H and O–H groups in total. The van der Waals surface area contributed by atoms with Crippen LogP contribution in [0.2, 0.25) is 0 Å². The summed E-state index contributed by atoms with van der Waals surface area (Å²) in [5.74, 6) is 0.714. The number of hydrogen-bond donors (Lipinski definition) is 0. The SMILES string of the molecule is CCCCc1ccc(-c2nc(-c3ccc(C)nc3)cc(-c3ccc(C)nc3)n2)cc1. The maximum Gasteiger partial charge on any atom is 0.160 e. The predicted octanol–water partition coefficient (Wildman–Crippen LogP) is 6.23. The van der Waals surface area contributed by atoms with E-state index in [0.29, 0.717) is 5.82 Å². The number of rotatable bonds is 6. The summed E-state index contributed by atoms with van der Waals surface area (Å²) in [6.07, 6.45) is 7.24. The molecule has 0 radical (unpaired) electrons. The molecule has 4 rings (SSSR count). The fourth-order valence-corrected chi connectivity index (χ4v) is 3.31. The molecule has 3 aromatic heterocycles. The summed E-state index contributed by atoms with van der Waals surface area (Å²) in [7, 11) is 0. The molecule has 0 spiro atoms. The van der Waals surface area contributed by atoms with E-state index in [-0.39, 0.29) is 0 Å². The number of unbranched alkanes of at least 4 members (excludes halogenated alkanes) is 1. The molecule has 0 aliphatic carbocycles. The highest BCUT2D eigenvalue weighted by Gasteiger charge is 2.11. The van der Waals surface area contributed by atoms with Crippen LogP contribution in [0.5, 0.6) is 0 Å². The molecule has 0 saturated heterocycles. The molecule has 4 heteroatoms. The zero-order chi connectivity index (χ0) is 20.9. The van der Waals surface area contributed by atoms with Crippen LogP contribution in [-0.4, -0.2) is 19.9 Å². The van der Waals surface area contributed by atoms with Gasteiger partial charge in [-0.1, -0.05) is 37.6 Å². The standard InChI is InChI=1S/C26H26N4/c1-4-5-6-20-9-13-21(14-10-20)26-29-24(22-11-7-18(2)27-16-22)15-25(30-26)23-12-8-19(3)28-17-23/h7-17H,4-6H2,1-3H3. The Morgan fingerprint density at radius 2 is 1.20 bits per heavy atom. The second-order valence-corrected chi connectivity index (χ2v) is 7.64. The van der Waals surface area contributed by atoms with Crippen molar-refractivity contribution in [2.24, 2.45) is 0 Å². The molecule has 0 aliphatic rings. The van der Waals surface area contributed by atoms with Crippen LogP contribution in [-0.2, 0) is 6.42 Å². The first-order valence-electron chi connectivity index (χ1n) is 10.5. The van der Waals surface area contributed by atoms with Crippen LogP contribution < -0.4 is 0 Å². The van der Waals surface area contributed by atoms with E-state index < -0.39 is 0 Å². The van der Waals surface area contributed by atoms with E-state index >= 15 is 0 Å². The summed E-state index contributed by atoms with van der Waals surface area (Å²) in [5.41, 5.74) is 8.00. The molecule has 0 saturated carbocycles. The van der Waals surface area contributed by atoms with Gasteiger partial charge in [0.1, 0.15) is 0 Å². The maximum absolute atomic E-state index is 4.87. The van der Waals surface area contributed by atoms with Crippen LogP contribution in [0.1, 0.15) is 36.7 Å². The number of aryl methyl sites for hydroxylation is 3. The van der Waals surface area contributed by atoms with Gasteiger partial charge in [0, 0.05) is 40.5 Å². The van der Waals surface area contributed by atoms with E-state index in [0.717, 1.165) is 45.9 Å². The van der Waals surface area contributed by atoms with Gasteiger partial charge in [0.25, 0.3) is 0 Å². The Bertz CT molecular complexity index is 1050. The minimum atomic E-state index is 0.714. The van der Waals surface area contributed by atoms with Gasteiger partial charge >= 0.3 is 0 Å². The van der Waals surface area contributed by atoms with Gasteiger partial charge in [-0.25, -0.2) is 9.97 Å². The maximum atomic E-state index is 4.87. The van der Waals surface area contributed by atoms with Crippen molar-refractivity contribution < 1.29 is 0 Å². The van der Waals surface area contributed by atoms with Gasteiger partial charge in [-0.3, -0.25) is 9.97 Å². The van der Waals surface area contributed by atoms with Gasteiger partial charge in [-0.15, -0.1) is 0 Å². The predicted molar refractivity (Wildman–Crippen MR) is 122 cm³/mol. The zero-order valence-corrected chi connectivity index (χ0v) is 17.8. The first-order valence-corrected chi connectivity index (χ1v) is 10.5. The lowest BCUT2D eigenvalue weighted by molar-refractivity contribution is 0.795. The van der Waals surface area contributed by atoms with Crippen LogP contribution in [0.25, 0.3) is 33.9 Å². The number of aromatic nitrogens is 4. The third-order valence-corrected chi connectivity index (χ3v) is 5.17. The molecule has 0 aliphatic heterocycles. The molecular formula is C26H26N4. The van der Waals surface area contributed by atoms with Gasteiger partial charge in [0.15, 0.2) is 5.82 Å². The van der Waals surface area contributed by atoms with Crippen molar-refractivity contribution in [3.63, 3.8) is 0 Å². The fourth-order valence-electron chi connectivity index (χ4n) is 3.31. The van der Waals surface area contributed by atoms with Crippen LogP contribution in [0.15, 0.2) is 67.0 Å². The van der Waals surface area contributed by atoms with Crippen molar-refractivity contribution in [1.29, 1.82) is 0 Å². The van der Waals surface area contributed by atoms with Crippen molar-refractivity contribution in [2.45, 2.75) is 40.0 Å². The van der Waals surface area contributed by atoms with Crippen molar-refractivity contribution in [1.82, 2.24) is 19.9 Å². The third kappa shape index (κ3) is 4.60. The average molecular weight is 395 g/mol. The fraction of sp³-hybridized carbons (Fsp3) is 0.231. The van der Waals surface area contributed by atoms with E-state index in [1.54, 1.807) is 0 Å². The highest BCUT2D eigenvalue weighted by atomic mass is 14.9. The van der Waals surface area contributed by atoms with Crippen molar-refractivity contribution in [2.75, 3.05) is 0 Å². The number of benzene rings is 1. The highest BCUT2D eigenvalue weighted by molar-refractivity contribution is 5.71. The molecule has 3 heterocycles. The Balaban J connectivity index is 1.78. The lowest BCUT2D eigenvalue weighted by atomic mass is 10.1. The summed E-state index contributed by atoms with van der Waals surface area (Å²) in [6, 6.07) is 18.7. The van der Waals surface area contributed by atoms with Gasteiger partial charge < -0.3 is 0 Å². The summed E-state index contributed by atoms with van der Waals surface area (Å²) in [5, 5.41) is 0. The second-order valence-electron chi connectivity index (χ2n) is 7.64. The number of hydrogen-bond acceptors (Lipinski definition) is 4. The zero-order valence-electron chi connectivity index (χ0n) is 17.8. The topological polar surface area (TPSA) is 51.6 Å². The summed E-state index contributed by atoms with van der Waals surface area (Å²) in [4.78, 5) is 18.6. The molecule has 4 nitrogen and oxygen atoms in total. The van der Waals surface area contributed by atoms with Crippen molar-refractivity contribution >= 4 is 0 Å². The van der Waals surface area contributed by atoms with Crippen molar-refractivity contribution in [3.05, 3.63) is 83.9 Å². The Hall–Kier alpha value is -3.40. The van der Waals surface area contributed by atoms with E-state index in [1.807, 2.05) is 44.4 Å². The molecule has 1 aromatic carbocycles. The van der Waals surface area contributed by atoms with E-state index in [4.69, 9.17) is 9.97 Å².